The molecule has 3 rings (SSSR count). The van der Waals surface area contributed by atoms with E-state index in [0.717, 1.165) is 0 Å². The van der Waals surface area contributed by atoms with Gasteiger partial charge in [0.1, 0.15) is 17.1 Å². The molecule has 0 radical (unpaired) electrons. The quantitative estimate of drug-likeness (QED) is 0.882. The molecule has 2 heterocycles. The van der Waals surface area contributed by atoms with E-state index >= 15 is 0 Å². The number of carbonyl (C=O) groups is 1. The van der Waals surface area contributed by atoms with Gasteiger partial charge < -0.3 is 20.1 Å². The van der Waals surface area contributed by atoms with Crippen LogP contribution in [-0.4, -0.2) is 18.2 Å². The fourth-order valence-electron chi connectivity index (χ4n) is 2.07. The standard InChI is InChI=1S/C15H11F2N3O3S/c1-8(13(21)20-14-9(7-18)4-5-24-14)19-10-2-3-11-12(6-10)23-15(16,17)22-11/h2-6,8,19H,1H3,(H,20,21)/t8-/m0/s1. The van der Waals surface area contributed by atoms with Gasteiger partial charge in [0.15, 0.2) is 11.5 Å². The van der Waals surface area contributed by atoms with Crippen LogP contribution in [-0.2, 0) is 4.79 Å². The van der Waals surface area contributed by atoms with Crippen LogP contribution in [0.4, 0.5) is 19.5 Å². The van der Waals surface area contributed by atoms with Crippen molar-refractivity contribution < 1.29 is 23.0 Å². The highest BCUT2D eigenvalue weighted by atomic mass is 32.1. The van der Waals surface area contributed by atoms with Crippen molar-refractivity contribution in [3.8, 4) is 17.6 Å². The second kappa shape index (κ2) is 5.98. The lowest BCUT2D eigenvalue weighted by molar-refractivity contribution is -0.286. The normalized spacial score (nSPS) is 15.4. The van der Waals surface area contributed by atoms with Crippen molar-refractivity contribution in [2.24, 2.45) is 0 Å². The molecule has 1 amide bonds. The second-order valence-electron chi connectivity index (χ2n) is 4.96. The number of nitriles is 1. The first-order valence-corrected chi connectivity index (χ1v) is 7.71. The lowest BCUT2D eigenvalue weighted by Crippen LogP contribution is -2.31. The van der Waals surface area contributed by atoms with E-state index < -0.39 is 12.3 Å². The number of fused-ring (bicyclic) bond motifs is 1. The van der Waals surface area contributed by atoms with Crippen LogP contribution >= 0.6 is 11.3 Å². The summed E-state index contributed by atoms with van der Waals surface area (Å²) in [5.74, 6) is -0.542. The number of rotatable bonds is 4. The summed E-state index contributed by atoms with van der Waals surface area (Å²) >= 11 is 1.24. The summed E-state index contributed by atoms with van der Waals surface area (Å²) < 4.78 is 34.6. The minimum Gasteiger partial charge on any atom is -0.395 e. The van der Waals surface area contributed by atoms with Gasteiger partial charge in [-0.05, 0) is 30.5 Å². The third-order valence-corrected chi connectivity index (χ3v) is 4.03. The van der Waals surface area contributed by atoms with Gasteiger partial charge in [0.25, 0.3) is 0 Å². The average molecular weight is 351 g/mol. The van der Waals surface area contributed by atoms with Crippen molar-refractivity contribution in [2.45, 2.75) is 19.3 Å². The van der Waals surface area contributed by atoms with E-state index in [2.05, 4.69) is 20.1 Å². The highest BCUT2D eigenvalue weighted by Gasteiger charge is 2.43. The minimum atomic E-state index is -3.68. The van der Waals surface area contributed by atoms with Crippen LogP contribution in [0.1, 0.15) is 12.5 Å². The number of carbonyl (C=O) groups excluding carboxylic acids is 1. The summed E-state index contributed by atoms with van der Waals surface area (Å²) in [4.78, 5) is 12.2. The Balaban J connectivity index is 1.66. The van der Waals surface area contributed by atoms with Gasteiger partial charge in [0.2, 0.25) is 5.91 Å². The first kappa shape index (κ1) is 16.0. The number of thiophene rings is 1. The summed E-state index contributed by atoms with van der Waals surface area (Å²) in [6, 6.07) is 7.07. The molecule has 9 heteroatoms. The molecule has 1 atom stereocenters. The van der Waals surface area contributed by atoms with E-state index in [1.165, 1.54) is 29.5 Å². The molecule has 1 aliphatic heterocycles. The predicted octanol–water partition coefficient (Wildman–Crippen LogP) is 3.38. The highest BCUT2D eigenvalue weighted by Crippen LogP contribution is 2.42. The molecule has 124 valence electrons. The number of amides is 1. The van der Waals surface area contributed by atoms with Crippen molar-refractivity contribution in [1.82, 2.24) is 0 Å². The van der Waals surface area contributed by atoms with Crippen LogP contribution in [0.3, 0.4) is 0 Å². The highest BCUT2D eigenvalue weighted by molar-refractivity contribution is 7.14. The van der Waals surface area contributed by atoms with Crippen LogP contribution in [0, 0.1) is 11.3 Å². The topological polar surface area (TPSA) is 83.4 Å². The molecule has 0 saturated carbocycles. The van der Waals surface area contributed by atoms with Crippen molar-refractivity contribution >= 4 is 27.9 Å². The number of hydrogen-bond acceptors (Lipinski definition) is 6. The van der Waals surface area contributed by atoms with Gasteiger partial charge in [-0.2, -0.15) is 5.26 Å². The molecular formula is C15H11F2N3O3S. The number of nitrogens with one attached hydrogen (secondary N) is 2. The first-order valence-electron chi connectivity index (χ1n) is 6.83. The lowest BCUT2D eigenvalue weighted by atomic mass is 10.2. The number of halogens is 2. The van der Waals surface area contributed by atoms with Crippen molar-refractivity contribution in [3.63, 3.8) is 0 Å². The number of alkyl halides is 2. The molecule has 24 heavy (non-hydrogen) atoms. The zero-order valence-electron chi connectivity index (χ0n) is 12.3. The zero-order valence-corrected chi connectivity index (χ0v) is 13.1. The molecule has 0 spiro atoms. The molecule has 0 unspecified atom stereocenters. The van der Waals surface area contributed by atoms with Crippen molar-refractivity contribution in [1.29, 1.82) is 5.26 Å². The van der Waals surface area contributed by atoms with Crippen LogP contribution < -0.4 is 20.1 Å². The van der Waals surface area contributed by atoms with Gasteiger partial charge >= 0.3 is 6.29 Å². The average Bonchev–Trinajstić information content (AvgIpc) is 3.08. The second-order valence-corrected chi connectivity index (χ2v) is 5.88. The molecule has 1 aromatic carbocycles. The van der Waals surface area contributed by atoms with Gasteiger partial charge in [0, 0.05) is 11.8 Å². The maximum atomic E-state index is 13.0. The molecule has 2 N–H and O–H groups in total. The monoisotopic (exact) mass is 351 g/mol. The third-order valence-electron chi connectivity index (χ3n) is 3.20. The number of hydrogen-bond donors (Lipinski definition) is 2. The molecule has 0 saturated heterocycles. The Morgan fingerprint density at radius 1 is 1.33 bits per heavy atom. The Morgan fingerprint density at radius 3 is 2.83 bits per heavy atom. The molecule has 0 fully saturated rings. The van der Waals surface area contributed by atoms with Crippen molar-refractivity contribution in [3.05, 3.63) is 35.2 Å². The third kappa shape index (κ3) is 3.23. The van der Waals surface area contributed by atoms with Gasteiger partial charge in [-0.15, -0.1) is 20.1 Å². The van der Waals surface area contributed by atoms with E-state index in [9.17, 15) is 13.6 Å². The summed E-state index contributed by atoms with van der Waals surface area (Å²) in [5, 5.41) is 16.6. The first-order chi connectivity index (χ1) is 11.4. The van der Waals surface area contributed by atoms with Gasteiger partial charge in [-0.3, -0.25) is 4.79 Å². The number of ether oxygens (including phenoxy) is 2. The van der Waals surface area contributed by atoms with Gasteiger partial charge in [-0.1, -0.05) is 0 Å². The summed E-state index contributed by atoms with van der Waals surface area (Å²) in [5.41, 5.74) is 0.801. The zero-order chi connectivity index (χ0) is 17.3. The SMILES string of the molecule is C[C@H](Nc1ccc2c(c1)OC(F)(F)O2)C(=O)Nc1sccc1C#N. The van der Waals surface area contributed by atoms with Gasteiger partial charge in [-0.25, -0.2) is 0 Å². The van der Waals surface area contributed by atoms with Crippen LogP contribution in [0.25, 0.3) is 0 Å². The number of nitrogens with zero attached hydrogens (tertiary/aromatic N) is 1. The largest absolute Gasteiger partial charge is 0.586 e. The molecule has 1 aromatic heterocycles. The van der Waals surface area contributed by atoms with Crippen LogP contribution in [0.5, 0.6) is 11.5 Å². The fourth-order valence-corrected chi connectivity index (χ4v) is 2.81. The van der Waals surface area contributed by atoms with E-state index in [1.807, 2.05) is 6.07 Å². The lowest BCUT2D eigenvalue weighted by Gasteiger charge is -2.15. The summed E-state index contributed by atoms with van der Waals surface area (Å²) in [6.07, 6.45) is -3.68. The summed E-state index contributed by atoms with van der Waals surface area (Å²) in [6.45, 7) is 1.61. The minimum absolute atomic E-state index is 0.0695. The van der Waals surface area contributed by atoms with E-state index in [4.69, 9.17) is 5.26 Å². The maximum Gasteiger partial charge on any atom is 0.586 e. The fraction of sp³-hybridized carbons (Fsp3) is 0.200. The number of benzene rings is 1. The molecule has 2 aromatic rings. The molecule has 1 aliphatic rings. The molecule has 6 nitrogen and oxygen atoms in total. The Labute approximate surface area is 139 Å². The Hall–Kier alpha value is -2.86. The van der Waals surface area contributed by atoms with Gasteiger partial charge in [0.05, 0.1) is 5.56 Å². The Morgan fingerprint density at radius 2 is 2.08 bits per heavy atom. The molecule has 0 aliphatic carbocycles. The molecular weight excluding hydrogens is 340 g/mol. The summed E-state index contributed by atoms with van der Waals surface area (Å²) in [7, 11) is 0. The smallest absolute Gasteiger partial charge is 0.395 e. The van der Waals surface area contributed by atoms with E-state index in [0.29, 0.717) is 16.3 Å². The predicted molar refractivity (Wildman–Crippen MR) is 83.4 cm³/mol. The van der Waals surface area contributed by atoms with Crippen LogP contribution in [0.2, 0.25) is 0 Å². The van der Waals surface area contributed by atoms with E-state index in [1.54, 1.807) is 18.4 Å². The Kier molecular flexibility index (Phi) is 3.99. The van der Waals surface area contributed by atoms with Crippen molar-refractivity contribution in [2.75, 3.05) is 10.6 Å². The van der Waals surface area contributed by atoms with Crippen LogP contribution in [0.15, 0.2) is 29.6 Å². The maximum absolute atomic E-state index is 13.0. The van der Waals surface area contributed by atoms with E-state index in [-0.39, 0.29) is 17.4 Å². The Bertz CT molecular complexity index is 832. The molecule has 0 bridgehead atoms. The number of anilines is 2.